The van der Waals surface area contributed by atoms with Crippen molar-refractivity contribution in [1.82, 2.24) is 10.3 Å². The number of carbonyl (C=O) groups excluding carboxylic acids is 1. The van der Waals surface area contributed by atoms with Gasteiger partial charge in [-0.25, -0.2) is 4.79 Å². The van der Waals surface area contributed by atoms with Crippen molar-refractivity contribution in [2.24, 2.45) is 0 Å². The molecule has 1 unspecified atom stereocenters. The number of nitrogens with one attached hydrogen (secondary N) is 2. The molecule has 1 aromatic carbocycles. The Balaban J connectivity index is 2.15. The van der Waals surface area contributed by atoms with Crippen LogP contribution in [-0.4, -0.2) is 28.9 Å². The zero-order valence-electron chi connectivity index (χ0n) is 12.2. The Morgan fingerprint density at radius 3 is 2.90 bits per heavy atom. The summed E-state index contributed by atoms with van der Waals surface area (Å²) in [5, 5.41) is 5.02. The van der Waals surface area contributed by atoms with Crippen molar-refractivity contribution in [3.05, 3.63) is 35.5 Å². The summed E-state index contributed by atoms with van der Waals surface area (Å²) in [5.74, 6) is -0.234. The highest BCUT2D eigenvalue weighted by Crippen LogP contribution is 2.36. The van der Waals surface area contributed by atoms with Crippen LogP contribution in [0.15, 0.2) is 24.3 Å². The van der Waals surface area contributed by atoms with Crippen LogP contribution in [0.1, 0.15) is 25.1 Å². The largest absolute Gasteiger partial charge is 0.461 e. The summed E-state index contributed by atoms with van der Waals surface area (Å²) < 4.78 is 5.49. The van der Waals surface area contributed by atoms with Crippen molar-refractivity contribution in [2.75, 3.05) is 11.9 Å². The Bertz CT molecular complexity index is 680. The van der Waals surface area contributed by atoms with Crippen molar-refractivity contribution in [1.29, 1.82) is 0 Å². The smallest absolute Gasteiger partial charge is 0.333 e. The van der Waals surface area contributed by atoms with Gasteiger partial charge in [-0.3, -0.25) is 5.32 Å². The van der Waals surface area contributed by atoms with Gasteiger partial charge in [0, 0.05) is 22.8 Å². The van der Waals surface area contributed by atoms with Gasteiger partial charge in [0.2, 0.25) is 0 Å². The molecule has 0 bridgehead atoms. The molecule has 0 aliphatic carbocycles. The van der Waals surface area contributed by atoms with E-state index in [1.807, 2.05) is 32.0 Å². The quantitative estimate of drug-likeness (QED) is 0.661. The first-order valence-corrected chi connectivity index (χ1v) is 8.33. The van der Waals surface area contributed by atoms with E-state index in [0.717, 1.165) is 24.2 Å². The van der Waals surface area contributed by atoms with E-state index in [2.05, 4.69) is 32.3 Å². The van der Waals surface area contributed by atoms with Crippen LogP contribution in [0.4, 0.5) is 0 Å². The molecular formula is C16H19BrN2O2. The number of ether oxygens (including phenoxy) is 1. The Hall–Kier alpha value is -1.33. The number of alkyl halides is 1. The molecular weight excluding hydrogens is 332 g/mol. The monoisotopic (exact) mass is 350 g/mol. The second kappa shape index (κ2) is 5.46. The highest BCUT2D eigenvalue weighted by atomic mass is 79.9. The molecule has 0 amide bonds. The first-order chi connectivity index (χ1) is 10.1. The number of aromatic nitrogens is 1. The molecule has 4 nitrogen and oxygen atoms in total. The molecule has 1 aliphatic heterocycles. The van der Waals surface area contributed by atoms with Crippen LogP contribution >= 0.6 is 15.9 Å². The number of hydrogen-bond acceptors (Lipinski definition) is 3. The van der Waals surface area contributed by atoms with E-state index in [0.29, 0.717) is 5.33 Å². The number of H-pyrrole nitrogens is 1. The van der Waals surface area contributed by atoms with Crippen molar-refractivity contribution in [2.45, 2.75) is 31.9 Å². The van der Waals surface area contributed by atoms with Crippen LogP contribution in [-0.2, 0) is 21.5 Å². The predicted molar refractivity (Wildman–Crippen MR) is 86.7 cm³/mol. The minimum absolute atomic E-state index is 0.134. The summed E-state index contributed by atoms with van der Waals surface area (Å²) in [4.78, 5) is 16.1. The van der Waals surface area contributed by atoms with Gasteiger partial charge in [0.25, 0.3) is 0 Å². The van der Waals surface area contributed by atoms with Crippen LogP contribution in [0.3, 0.4) is 0 Å². The molecule has 0 radical (unpaired) electrons. The van der Waals surface area contributed by atoms with Crippen LogP contribution in [0.25, 0.3) is 10.9 Å². The number of carbonyl (C=O) groups is 1. The van der Waals surface area contributed by atoms with E-state index in [1.54, 1.807) is 0 Å². The average molecular weight is 351 g/mol. The third-order valence-corrected chi connectivity index (χ3v) is 4.77. The fourth-order valence-corrected chi connectivity index (χ4v) is 3.68. The fraction of sp³-hybridized carbons (Fsp3) is 0.438. The molecule has 1 aromatic heterocycles. The molecule has 2 aromatic rings. The Labute approximate surface area is 132 Å². The van der Waals surface area contributed by atoms with E-state index in [-0.39, 0.29) is 12.1 Å². The zero-order chi connectivity index (χ0) is 15.0. The molecule has 112 valence electrons. The van der Waals surface area contributed by atoms with Gasteiger partial charge in [0.1, 0.15) is 0 Å². The highest BCUT2D eigenvalue weighted by Gasteiger charge is 2.46. The van der Waals surface area contributed by atoms with Gasteiger partial charge in [-0.2, -0.15) is 0 Å². The third kappa shape index (κ3) is 2.28. The number of aromatic amines is 1. The molecule has 2 N–H and O–H groups in total. The predicted octanol–water partition coefficient (Wildman–Crippen LogP) is 2.86. The molecule has 1 atom stereocenters. The van der Waals surface area contributed by atoms with Crippen LogP contribution in [0.5, 0.6) is 0 Å². The zero-order valence-corrected chi connectivity index (χ0v) is 13.8. The van der Waals surface area contributed by atoms with Crippen LogP contribution in [0.2, 0.25) is 0 Å². The van der Waals surface area contributed by atoms with E-state index < -0.39 is 5.54 Å². The molecule has 0 fully saturated rings. The minimum Gasteiger partial charge on any atom is -0.461 e. The van der Waals surface area contributed by atoms with E-state index in [1.165, 1.54) is 10.9 Å². The minimum atomic E-state index is -0.836. The van der Waals surface area contributed by atoms with E-state index >= 15 is 0 Å². The fourth-order valence-electron chi connectivity index (χ4n) is 2.97. The molecule has 2 heterocycles. The first-order valence-electron chi connectivity index (χ1n) is 7.20. The van der Waals surface area contributed by atoms with Crippen LogP contribution in [0, 0.1) is 0 Å². The topological polar surface area (TPSA) is 54.1 Å². The SMILES string of the molecule is CC(C)OC(=O)C1(CBr)NCCc2c1[nH]c1ccccc21. The lowest BCUT2D eigenvalue weighted by atomic mass is 9.88. The Kier molecular flexibility index (Phi) is 3.80. The average Bonchev–Trinajstić information content (AvgIpc) is 2.85. The summed E-state index contributed by atoms with van der Waals surface area (Å²) in [7, 11) is 0. The second-order valence-corrected chi connectivity index (χ2v) is 6.25. The molecule has 3 rings (SSSR count). The Morgan fingerprint density at radius 2 is 2.19 bits per heavy atom. The van der Waals surface area contributed by atoms with Gasteiger partial charge in [-0.05, 0) is 31.9 Å². The lowest BCUT2D eigenvalue weighted by molar-refractivity contribution is -0.155. The summed E-state index contributed by atoms with van der Waals surface area (Å²) in [6.07, 6.45) is 0.772. The van der Waals surface area contributed by atoms with Crippen molar-refractivity contribution >= 4 is 32.8 Å². The maximum Gasteiger partial charge on any atom is 0.333 e. The number of fused-ring (bicyclic) bond motifs is 3. The summed E-state index contributed by atoms with van der Waals surface area (Å²) in [5.41, 5.74) is 2.37. The lowest BCUT2D eigenvalue weighted by Gasteiger charge is -2.35. The van der Waals surface area contributed by atoms with Gasteiger partial charge in [-0.15, -0.1) is 0 Å². The Morgan fingerprint density at radius 1 is 1.43 bits per heavy atom. The number of benzene rings is 1. The van der Waals surface area contributed by atoms with Crippen molar-refractivity contribution in [3.8, 4) is 0 Å². The molecule has 21 heavy (non-hydrogen) atoms. The maximum atomic E-state index is 12.7. The number of hydrogen-bond donors (Lipinski definition) is 2. The first kappa shape index (κ1) is 14.6. The van der Waals surface area contributed by atoms with Gasteiger partial charge in [-0.1, -0.05) is 34.1 Å². The summed E-state index contributed by atoms with van der Waals surface area (Å²) in [6.45, 7) is 4.50. The van der Waals surface area contributed by atoms with Crippen molar-refractivity contribution in [3.63, 3.8) is 0 Å². The standard InChI is InChI=1S/C16H19BrN2O2/c1-10(2)21-15(20)16(9-17)14-12(7-8-18-16)11-5-3-4-6-13(11)19-14/h3-6,10,18-19H,7-9H2,1-2H3. The number of esters is 1. The lowest BCUT2D eigenvalue weighted by Crippen LogP contribution is -2.55. The number of halogens is 1. The molecule has 5 heteroatoms. The van der Waals surface area contributed by atoms with Gasteiger partial charge in [0.15, 0.2) is 5.54 Å². The number of rotatable bonds is 3. The van der Waals surface area contributed by atoms with E-state index in [9.17, 15) is 4.79 Å². The molecule has 0 saturated heterocycles. The van der Waals surface area contributed by atoms with Crippen LogP contribution < -0.4 is 5.32 Å². The number of para-hydroxylation sites is 1. The summed E-state index contributed by atoms with van der Waals surface area (Å²) in [6, 6.07) is 8.17. The van der Waals surface area contributed by atoms with Gasteiger partial charge in [0.05, 0.1) is 11.8 Å². The molecule has 0 saturated carbocycles. The highest BCUT2D eigenvalue weighted by molar-refractivity contribution is 9.09. The molecule has 1 aliphatic rings. The molecule has 0 spiro atoms. The van der Waals surface area contributed by atoms with Gasteiger partial charge < -0.3 is 9.72 Å². The van der Waals surface area contributed by atoms with Crippen molar-refractivity contribution < 1.29 is 9.53 Å². The third-order valence-electron chi connectivity index (χ3n) is 3.93. The second-order valence-electron chi connectivity index (χ2n) is 5.69. The van der Waals surface area contributed by atoms with Gasteiger partial charge >= 0.3 is 5.97 Å². The summed E-state index contributed by atoms with van der Waals surface area (Å²) >= 11 is 3.50. The normalized spacial score (nSPS) is 21.5. The van der Waals surface area contributed by atoms with E-state index in [4.69, 9.17) is 4.74 Å². The maximum absolute atomic E-state index is 12.7.